The number of nitrogens with one attached hydrogen (secondary N) is 2. The number of nitrogens with zero attached hydrogens (tertiary/aromatic N) is 4. The molecular weight excluding hydrogens is 440 g/mol. The van der Waals surface area contributed by atoms with E-state index in [9.17, 15) is 4.79 Å². The summed E-state index contributed by atoms with van der Waals surface area (Å²) in [6.07, 6.45) is 3.35. The molecule has 4 aromatic rings. The van der Waals surface area contributed by atoms with Crippen LogP contribution in [0.15, 0.2) is 79.0 Å². The van der Waals surface area contributed by atoms with Crippen molar-refractivity contribution in [3.8, 4) is 5.75 Å². The van der Waals surface area contributed by atoms with E-state index in [1.165, 1.54) is 0 Å². The summed E-state index contributed by atoms with van der Waals surface area (Å²) >= 11 is 0. The lowest BCUT2D eigenvalue weighted by Gasteiger charge is -2.31. The van der Waals surface area contributed by atoms with E-state index < -0.39 is 0 Å². The number of hydrogen-bond acceptors (Lipinski definition) is 7. The SMILES string of the molecule is O=C(NCCOc1ccccc1)C1CCN(c2ccc(Nc3nccc4ccccc34)nn2)CC1. The van der Waals surface area contributed by atoms with Gasteiger partial charge in [-0.05, 0) is 48.6 Å². The van der Waals surface area contributed by atoms with Gasteiger partial charge in [-0.25, -0.2) is 4.98 Å². The monoisotopic (exact) mass is 468 g/mol. The van der Waals surface area contributed by atoms with Crippen molar-refractivity contribution in [1.82, 2.24) is 20.5 Å². The largest absolute Gasteiger partial charge is 0.492 e. The second-order valence-corrected chi connectivity index (χ2v) is 8.50. The Kier molecular flexibility index (Phi) is 6.98. The Balaban J connectivity index is 1.09. The Morgan fingerprint density at radius 1 is 0.943 bits per heavy atom. The number of rotatable bonds is 8. The smallest absolute Gasteiger partial charge is 0.223 e. The van der Waals surface area contributed by atoms with Crippen LogP contribution in [0.2, 0.25) is 0 Å². The number of amides is 1. The quantitative estimate of drug-likeness (QED) is 0.375. The van der Waals surface area contributed by atoms with Crippen molar-refractivity contribution in [1.29, 1.82) is 0 Å². The van der Waals surface area contributed by atoms with Crippen LogP contribution in [-0.4, -0.2) is 47.3 Å². The fourth-order valence-corrected chi connectivity index (χ4v) is 4.28. The lowest BCUT2D eigenvalue weighted by Crippen LogP contribution is -2.41. The predicted octanol–water partition coefficient (Wildman–Crippen LogP) is 4.18. The number of aromatic nitrogens is 3. The molecule has 1 amide bonds. The van der Waals surface area contributed by atoms with E-state index in [4.69, 9.17) is 4.74 Å². The third-order valence-electron chi connectivity index (χ3n) is 6.17. The molecule has 35 heavy (non-hydrogen) atoms. The van der Waals surface area contributed by atoms with E-state index in [0.717, 1.165) is 54.1 Å². The minimum atomic E-state index is 0.00862. The summed E-state index contributed by atoms with van der Waals surface area (Å²) in [7, 11) is 0. The van der Waals surface area contributed by atoms with E-state index in [-0.39, 0.29) is 11.8 Å². The predicted molar refractivity (Wildman–Crippen MR) is 137 cm³/mol. The topological polar surface area (TPSA) is 92.3 Å². The van der Waals surface area contributed by atoms with Crippen molar-refractivity contribution in [3.05, 3.63) is 79.0 Å². The Morgan fingerprint density at radius 3 is 2.54 bits per heavy atom. The van der Waals surface area contributed by atoms with Gasteiger partial charge >= 0.3 is 0 Å². The van der Waals surface area contributed by atoms with Gasteiger partial charge in [0.15, 0.2) is 11.6 Å². The summed E-state index contributed by atoms with van der Waals surface area (Å²) in [6.45, 7) is 2.49. The first kappa shape index (κ1) is 22.6. The van der Waals surface area contributed by atoms with Gasteiger partial charge in [-0.3, -0.25) is 4.79 Å². The van der Waals surface area contributed by atoms with Gasteiger partial charge in [0.2, 0.25) is 5.91 Å². The van der Waals surface area contributed by atoms with Crippen LogP contribution < -0.4 is 20.3 Å². The number of ether oxygens (including phenoxy) is 1. The van der Waals surface area contributed by atoms with Gasteiger partial charge in [0, 0.05) is 30.6 Å². The normalized spacial score (nSPS) is 14.0. The summed E-state index contributed by atoms with van der Waals surface area (Å²) in [5.41, 5.74) is 0. The maximum atomic E-state index is 12.5. The highest BCUT2D eigenvalue weighted by molar-refractivity contribution is 5.92. The number of carbonyl (C=O) groups is 1. The summed E-state index contributed by atoms with van der Waals surface area (Å²) in [6, 6.07) is 23.6. The molecule has 2 aromatic heterocycles. The van der Waals surface area contributed by atoms with Gasteiger partial charge in [-0.1, -0.05) is 42.5 Å². The molecule has 1 aliphatic rings. The number of piperidine rings is 1. The molecule has 0 bridgehead atoms. The third-order valence-corrected chi connectivity index (χ3v) is 6.17. The number of para-hydroxylation sites is 1. The Labute approximate surface area is 204 Å². The first-order valence-electron chi connectivity index (χ1n) is 11.9. The first-order valence-corrected chi connectivity index (χ1v) is 11.9. The minimum Gasteiger partial charge on any atom is -0.492 e. The highest BCUT2D eigenvalue weighted by atomic mass is 16.5. The molecule has 8 heteroatoms. The van der Waals surface area contributed by atoms with E-state index in [1.54, 1.807) is 6.20 Å². The van der Waals surface area contributed by atoms with E-state index in [1.807, 2.05) is 66.7 Å². The molecule has 1 aliphatic heterocycles. The molecule has 0 spiro atoms. The molecule has 0 radical (unpaired) electrons. The molecule has 0 aliphatic carbocycles. The van der Waals surface area contributed by atoms with Crippen LogP contribution in [-0.2, 0) is 4.79 Å². The zero-order valence-corrected chi connectivity index (χ0v) is 19.4. The number of pyridine rings is 1. The molecular formula is C27H28N6O2. The summed E-state index contributed by atoms with van der Waals surface area (Å²) in [5, 5.41) is 17.2. The van der Waals surface area contributed by atoms with Gasteiger partial charge in [0.1, 0.15) is 18.2 Å². The molecule has 0 saturated carbocycles. The van der Waals surface area contributed by atoms with Crippen LogP contribution >= 0.6 is 0 Å². The first-order chi connectivity index (χ1) is 17.3. The second-order valence-electron chi connectivity index (χ2n) is 8.50. The molecule has 2 N–H and O–H groups in total. The third kappa shape index (κ3) is 5.66. The Hall–Kier alpha value is -4.20. The lowest BCUT2D eigenvalue weighted by molar-refractivity contribution is -0.125. The van der Waals surface area contributed by atoms with Crippen LogP contribution in [0.25, 0.3) is 10.8 Å². The maximum absolute atomic E-state index is 12.5. The zero-order valence-electron chi connectivity index (χ0n) is 19.4. The van der Waals surface area contributed by atoms with Crippen molar-refractivity contribution in [2.24, 2.45) is 5.92 Å². The lowest BCUT2D eigenvalue weighted by atomic mass is 9.96. The molecule has 1 fully saturated rings. The van der Waals surface area contributed by atoms with Crippen LogP contribution in [0.5, 0.6) is 5.75 Å². The van der Waals surface area contributed by atoms with Crippen molar-refractivity contribution < 1.29 is 9.53 Å². The van der Waals surface area contributed by atoms with Crippen molar-refractivity contribution in [2.45, 2.75) is 12.8 Å². The Morgan fingerprint density at radius 2 is 1.74 bits per heavy atom. The van der Waals surface area contributed by atoms with Crippen molar-refractivity contribution in [3.63, 3.8) is 0 Å². The van der Waals surface area contributed by atoms with Crippen molar-refractivity contribution >= 4 is 34.1 Å². The van der Waals surface area contributed by atoms with Crippen LogP contribution in [0.4, 0.5) is 17.5 Å². The highest BCUT2D eigenvalue weighted by Crippen LogP contribution is 2.25. The second kappa shape index (κ2) is 10.8. The van der Waals surface area contributed by atoms with Gasteiger partial charge in [-0.2, -0.15) is 0 Å². The van der Waals surface area contributed by atoms with Gasteiger partial charge in [0.25, 0.3) is 0 Å². The molecule has 3 heterocycles. The van der Waals surface area contributed by atoms with E-state index in [0.29, 0.717) is 19.0 Å². The molecule has 178 valence electrons. The summed E-state index contributed by atoms with van der Waals surface area (Å²) in [4.78, 5) is 19.2. The van der Waals surface area contributed by atoms with Crippen LogP contribution in [0.3, 0.4) is 0 Å². The summed E-state index contributed by atoms with van der Waals surface area (Å²) in [5.74, 6) is 3.13. The number of carbonyl (C=O) groups excluding carboxylic acids is 1. The molecule has 2 aromatic carbocycles. The average molecular weight is 469 g/mol. The van der Waals surface area contributed by atoms with Crippen LogP contribution in [0.1, 0.15) is 12.8 Å². The number of anilines is 3. The van der Waals surface area contributed by atoms with Gasteiger partial charge in [0.05, 0.1) is 6.54 Å². The average Bonchev–Trinajstić information content (AvgIpc) is 2.92. The van der Waals surface area contributed by atoms with Crippen molar-refractivity contribution in [2.75, 3.05) is 36.5 Å². The van der Waals surface area contributed by atoms with Crippen LogP contribution in [0, 0.1) is 5.92 Å². The molecule has 0 unspecified atom stereocenters. The maximum Gasteiger partial charge on any atom is 0.223 e. The molecule has 1 saturated heterocycles. The molecule has 0 atom stereocenters. The number of benzene rings is 2. The number of fused-ring (bicyclic) bond motifs is 1. The van der Waals surface area contributed by atoms with Gasteiger partial charge in [-0.15, -0.1) is 10.2 Å². The molecule has 8 nitrogen and oxygen atoms in total. The molecule has 5 rings (SSSR count). The summed E-state index contributed by atoms with van der Waals surface area (Å²) < 4.78 is 5.64. The van der Waals surface area contributed by atoms with Gasteiger partial charge < -0.3 is 20.3 Å². The number of hydrogen-bond donors (Lipinski definition) is 2. The van der Waals surface area contributed by atoms with E-state index in [2.05, 4.69) is 36.8 Å². The zero-order chi connectivity index (χ0) is 23.9. The fourth-order valence-electron chi connectivity index (χ4n) is 4.28. The fraction of sp³-hybridized carbons (Fsp3) is 0.259. The standard InChI is InChI=1S/C27H28N6O2/c34-27(29-16-19-35-22-7-2-1-3-8-22)21-13-17-33(18-14-21)25-11-10-24(31-32-25)30-26-23-9-5-4-6-20(23)12-15-28-26/h1-12,15,21H,13-14,16-19H2,(H,29,34)(H,28,30,31). The Bertz CT molecular complexity index is 1250. The highest BCUT2D eigenvalue weighted by Gasteiger charge is 2.25. The van der Waals surface area contributed by atoms with E-state index >= 15 is 0 Å². The minimum absolute atomic E-state index is 0.00862.